The first kappa shape index (κ1) is 13.1. The molecule has 0 saturated carbocycles. The number of nitriles is 1. The monoisotopic (exact) mass is 276 g/mol. The summed E-state index contributed by atoms with van der Waals surface area (Å²) >= 11 is 7.51. The van der Waals surface area contributed by atoms with Crippen molar-refractivity contribution in [3.63, 3.8) is 0 Å². The van der Waals surface area contributed by atoms with E-state index in [4.69, 9.17) is 16.9 Å². The Labute approximate surface area is 116 Å². The average molecular weight is 277 g/mol. The fourth-order valence-corrected chi connectivity index (χ4v) is 2.72. The van der Waals surface area contributed by atoms with Crippen LogP contribution in [0.2, 0.25) is 4.34 Å². The van der Waals surface area contributed by atoms with Crippen molar-refractivity contribution in [2.45, 2.75) is 19.5 Å². The van der Waals surface area contributed by atoms with Gasteiger partial charge in [-0.2, -0.15) is 5.26 Å². The van der Waals surface area contributed by atoms with Gasteiger partial charge in [0.2, 0.25) is 0 Å². The summed E-state index contributed by atoms with van der Waals surface area (Å²) in [5.41, 5.74) is 1.86. The van der Waals surface area contributed by atoms with Gasteiger partial charge in [-0.1, -0.05) is 23.7 Å². The molecule has 0 aliphatic heterocycles. The maximum atomic E-state index is 8.72. The van der Waals surface area contributed by atoms with Gasteiger partial charge in [0.1, 0.15) is 0 Å². The molecule has 1 atom stereocenters. The zero-order valence-corrected chi connectivity index (χ0v) is 11.6. The second kappa shape index (κ2) is 6.01. The lowest BCUT2D eigenvalue weighted by atomic mass is 10.1. The van der Waals surface area contributed by atoms with Gasteiger partial charge < -0.3 is 5.32 Å². The molecule has 1 unspecified atom stereocenters. The minimum atomic E-state index is 0.276. The summed E-state index contributed by atoms with van der Waals surface area (Å²) in [5.74, 6) is 0. The van der Waals surface area contributed by atoms with Crippen molar-refractivity contribution in [2.75, 3.05) is 0 Å². The first-order chi connectivity index (χ1) is 8.69. The number of hydrogen-bond donors (Lipinski definition) is 1. The quantitative estimate of drug-likeness (QED) is 0.912. The SMILES string of the molecule is CC(NCc1ccc(C#N)cc1)c1ccc(Cl)s1. The number of benzene rings is 1. The summed E-state index contributed by atoms with van der Waals surface area (Å²) in [7, 11) is 0. The fraction of sp³-hybridized carbons (Fsp3) is 0.214. The van der Waals surface area contributed by atoms with Crippen molar-refractivity contribution < 1.29 is 0 Å². The van der Waals surface area contributed by atoms with Gasteiger partial charge in [-0.3, -0.25) is 0 Å². The molecule has 1 N–H and O–H groups in total. The van der Waals surface area contributed by atoms with Crippen molar-refractivity contribution in [3.8, 4) is 6.07 Å². The number of rotatable bonds is 4. The fourth-order valence-electron chi connectivity index (χ4n) is 1.63. The zero-order chi connectivity index (χ0) is 13.0. The van der Waals surface area contributed by atoms with Crippen molar-refractivity contribution in [1.82, 2.24) is 5.32 Å². The number of hydrogen-bond acceptors (Lipinski definition) is 3. The molecule has 18 heavy (non-hydrogen) atoms. The van der Waals surface area contributed by atoms with Gasteiger partial charge in [-0.05, 0) is 36.8 Å². The van der Waals surface area contributed by atoms with Crippen LogP contribution in [0.3, 0.4) is 0 Å². The van der Waals surface area contributed by atoms with Crippen molar-refractivity contribution in [2.24, 2.45) is 0 Å². The Morgan fingerprint density at radius 1 is 1.28 bits per heavy atom. The highest BCUT2D eigenvalue weighted by molar-refractivity contribution is 7.16. The molecule has 1 aromatic carbocycles. The summed E-state index contributed by atoms with van der Waals surface area (Å²) in [6, 6.07) is 14.0. The topological polar surface area (TPSA) is 35.8 Å². The Balaban J connectivity index is 1.93. The molecule has 0 aliphatic carbocycles. The van der Waals surface area contributed by atoms with Crippen LogP contribution in [0.25, 0.3) is 0 Å². The number of halogens is 1. The van der Waals surface area contributed by atoms with E-state index in [2.05, 4.69) is 18.3 Å². The van der Waals surface area contributed by atoms with Gasteiger partial charge in [0.15, 0.2) is 0 Å². The van der Waals surface area contributed by atoms with Gasteiger partial charge in [0, 0.05) is 17.5 Å². The molecule has 0 aliphatic rings. The van der Waals surface area contributed by atoms with Crippen LogP contribution < -0.4 is 5.32 Å². The third kappa shape index (κ3) is 3.33. The van der Waals surface area contributed by atoms with E-state index in [9.17, 15) is 0 Å². The molecular weight excluding hydrogens is 264 g/mol. The Hall–Kier alpha value is -1.34. The predicted octanol–water partition coefficient (Wildman–Crippen LogP) is 4.12. The highest BCUT2D eigenvalue weighted by Gasteiger charge is 2.07. The normalized spacial score (nSPS) is 12.1. The summed E-state index contributed by atoms with van der Waals surface area (Å²) < 4.78 is 0.817. The Kier molecular flexibility index (Phi) is 4.38. The third-order valence-electron chi connectivity index (χ3n) is 2.72. The molecule has 0 spiro atoms. The molecule has 0 saturated heterocycles. The largest absolute Gasteiger partial charge is 0.305 e. The van der Waals surface area contributed by atoms with Gasteiger partial charge in [-0.25, -0.2) is 0 Å². The van der Waals surface area contributed by atoms with Gasteiger partial charge in [0.05, 0.1) is 16.0 Å². The van der Waals surface area contributed by atoms with E-state index in [-0.39, 0.29) is 6.04 Å². The molecule has 1 aromatic heterocycles. The minimum Gasteiger partial charge on any atom is -0.305 e. The van der Waals surface area contributed by atoms with E-state index in [1.165, 1.54) is 10.4 Å². The van der Waals surface area contributed by atoms with E-state index >= 15 is 0 Å². The van der Waals surface area contributed by atoms with Crippen LogP contribution in [0, 0.1) is 11.3 Å². The third-order valence-corrected chi connectivity index (χ3v) is 4.13. The molecule has 0 bridgehead atoms. The standard InChI is InChI=1S/C14H13ClN2S/c1-10(13-6-7-14(15)18-13)17-9-12-4-2-11(8-16)3-5-12/h2-7,10,17H,9H2,1H3. The highest BCUT2D eigenvalue weighted by Crippen LogP contribution is 2.26. The van der Waals surface area contributed by atoms with Crippen LogP contribution in [0.5, 0.6) is 0 Å². The molecule has 2 rings (SSSR count). The summed E-state index contributed by atoms with van der Waals surface area (Å²) in [5, 5.41) is 12.2. The first-order valence-electron chi connectivity index (χ1n) is 5.66. The Morgan fingerprint density at radius 2 is 2.00 bits per heavy atom. The van der Waals surface area contributed by atoms with Crippen molar-refractivity contribution in [1.29, 1.82) is 5.26 Å². The smallest absolute Gasteiger partial charge is 0.0991 e. The molecule has 2 aromatic rings. The maximum Gasteiger partial charge on any atom is 0.0991 e. The second-order valence-electron chi connectivity index (χ2n) is 4.05. The average Bonchev–Trinajstić information content (AvgIpc) is 2.83. The van der Waals surface area contributed by atoms with Crippen LogP contribution in [0.15, 0.2) is 36.4 Å². The van der Waals surface area contributed by atoms with Crippen molar-refractivity contribution >= 4 is 22.9 Å². The highest BCUT2D eigenvalue weighted by atomic mass is 35.5. The summed E-state index contributed by atoms with van der Waals surface area (Å²) in [4.78, 5) is 1.23. The predicted molar refractivity (Wildman–Crippen MR) is 75.7 cm³/mol. The molecule has 4 heteroatoms. The Bertz CT molecular complexity index is 554. The molecule has 1 heterocycles. The lowest BCUT2D eigenvalue weighted by molar-refractivity contribution is 0.583. The molecule has 0 amide bonds. The van der Waals surface area contributed by atoms with Crippen molar-refractivity contribution in [3.05, 3.63) is 56.7 Å². The van der Waals surface area contributed by atoms with E-state index in [1.807, 2.05) is 36.4 Å². The lowest BCUT2D eigenvalue weighted by Gasteiger charge is -2.12. The van der Waals surface area contributed by atoms with E-state index < -0.39 is 0 Å². The summed E-state index contributed by atoms with van der Waals surface area (Å²) in [6.45, 7) is 2.90. The van der Waals surface area contributed by atoms with Crippen LogP contribution >= 0.6 is 22.9 Å². The van der Waals surface area contributed by atoms with Crippen LogP contribution in [0.1, 0.15) is 29.0 Å². The number of nitrogens with zero attached hydrogens (tertiary/aromatic N) is 1. The second-order valence-corrected chi connectivity index (χ2v) is 5.80. The molecule has 0 radical (unpaired) electrons. The number of thiophene rings is 1. The van der Waals surface area contributed by atoms with E-state index in [1.54, 1.807) is 11.3 Å². The van der Waals surface area contributed by atoms with E-state index in [0.29, 0.717) is 5.56 Å². The first-order valence-corrected chi connectivity index (χ1v) is 6.86. The molecule has 0 fully saturated rings. The van der Waals surface area contributed by atoms with Gasteiger partial charge in [-0.15, -0.1) is 11.3 Å². The number of nitrogens with one attached hydrogen (secondary N) is 1. The van der Waals surface area contributed by atoms with Crippen LogP contribution in [-0.4, -0.2) is 0 Å². The van der Waals surface area contributed by atoms with Crippen LogP contribution in [0.4, 0.5) is 0 Å². The van der Waals surface area contributed by atoms with E-state index in [0.717, 1.165) is 10.9 Å². The van der Waals surface area contributed by atoms with Crippen LogP contribution in [-0.2, 0) is 6.54 Å². The lowest BCUT2D eigenvalue weighted by Crippen LogP contribution is -2.17. The maximum absolute atomic E-state index is 8.72. The molecular formula is C14H13ClN2S. The summed E-state index contributed by atoms with van der Waals surface area (Å²) in [6.07, 6.45) is 0. The minimum absolute atomic E-state index is 0.276. The zero-order valence-electron chi connectivity index (χ0n) is 9.98. The Morgan fingerprint density at radius 3 is 2.56 bits per heavy atom. The van der Waals surface area contributed by atoms with Gasteiger partial charge >= 0.3 is 0 Å². The molecule has 92 valence electrons. The van der Waals surface area contributed by atoms with Gasteiger partial charge in [0.25, 0.3) is 0 Å². The molecule has 2 nitrogen and oxygen atoms in total.